The molecule has 0 bridgehead atoms. The van der Waals surface area contributed by atoms with Gasteiger partial charge in [0.15, 0.2) is 17.3 Å². The molecule has 2 aliphatic heterocycles. The van der Waals surface area contributed by atoms with Crippen LogP contribution in [0.15, 0.2) is 36.4 Å². The standard InChI is InChI=1S/C24H24ClFN2O4/c1-16(29)18-4-5-21(20(26)15-18)27-7-9-28(10-8-27)23(30)6-3-17-13-19(25)24-22(14-17)31-11-2-12-32-24/h3-6,13-15H,2,7-12H2,1H3/b6-3+. The number of nitrogens with zero attached hydrogens (tertiary/aromatic N) is 2. The minimum absolute atomic E-state index is 0.125. The zero-order chi connectivity index (χ0) is 22.7. The summed E-state index contributed by atoms with van der Waals surface area (Å²) in [7, 11) is 0. The highest BCUT2D eigenvalue weighted by molar-refractivity contribution is 6.32. The molecule has 0 saturated carbocycles. The van der Waals surface area contributed by atoms with E-state index in [0.29, 0.717) is 67.2 Å². The Balaban J connectivity index is 1.38. The van der Waals surface area contributed by atoms with Gasteiger partial charge in [-0.3, -0.25) is 9.59 Å². The maximum Gasteiger partial charge on any atom is 0.246 e. The van der Waals surface area contributed by atoms with Gasteiger partial charge in [-0.1, -0.05) is 11.6 Å². The molecule has 1 amide bonds. The number of ether oxygens (including phenoxy) is 2. The Hall–Kier alpha value is -3.06. The lowest BCUT2D eigenvalue weighted by Gasteiger charge is -2.35. The second-order valence-corrected chi connectivity index (χ2v) is 8.16. The molecule has 2 aromatic rings. The first-order valence-corrected chi connectivity index (χ1v) is 10.9. The number of hydrogen-bond donors (Lipinski definition) is 0. The summed E-state index contributed by atoms with van der Waals surface area (Å²) in [6.07, 6.45) is 3.99. The third-order valence-electron chi connectivity index (χ3n) is 5.53. The molecular formula is C24H24ClFN2O4. The van der Waals surface area contributed by atoms with E-state index in [0.717, 1.165) is 12.0 Å². The lowest BCUT2D eigenvalue weighted by molar-refractivity contribution is -0.126. The summed E-state index contributed by atoms with van der Waals surface area (Å²) in [5.74, 6) is 0.386. The molecule has 0 N–H and O–H groups in total. The molecule has 0 spiro atoms. The fourth-order valence-corrected chi connectivity index (χ4v) is 4.04. The van der Waals surface area contributed by atoms with Crippen molar-refractivity contribution in [3.63, 3.8) is 0 Å². The maximum atomic E-state index is 14.4. The predicted molar refractivity (Wildman–Crippen MR) is 121 cm³/mol. The zero-order valence-electron chi connectivity index (χ0n) is 17.8. The molecule has 0 aromatic heterocycles. The summed E-state index contributed by atoms with van der Waals surface area (Å²) in [5, 5.41) is 0.447. The van der Waals surface area contributed by atoms with Crippen LogP contribution in [0.4, 0.5) is 10.1 Å². The Morgan fingerprint density at radius 1 is 1.06 bits per heavy atom. The monoisotopic (exact) mass is 458 g/mol. The van der Waals surface area contributed by atoms with E-state index < -0.39 is 5.82 Å². The Labute approximate surface area is 191 Å². The van der Waals surface area contributed by atoms with Crippen LogP contribution in [0.3, 0.4) is 0 Å². The van der Waals surface area contributed by atoms with Gasteiger partial charge in [-0.05, 0) is 48.9 Å². The number of rotatable bonds is 4. The first-order valence-electron chi connectivity index (χ1n) is 10.5. The fraction of sp³-hybridized carbons (Fsp3) is 0.333. The topological polar surface area (TPSA) is 59.1 Å². The van der Waals surface area contributed by atoms with E-state index >= 15 is 0 Å². The number of piperazine rings is 1. The van der Waals surface area contributed by atoms with E-state index in [4.69, 9.17) is 21.1 Å². The van der Waals surface area contributed by atoms with Crippen molar-refractivity contribution in [2.45, 2.75) is 13.3 Å². The Morgan fingerprint density at radius 2 is 1.81 bits per heavy atom. The number of carbonyl (C=O) groups is 2. The fourth-order valence-electron chi connectivity index (χ4n) is 3.77. The molecule has 4 rings (SSSR count). The van der Waals surface area contributed by atoms with Crippen molar-refractivity contribution in [3.05, 3.63) is 58.4 Å². The normalized spacial score (nSPS) is 16.2. The Morgan fingerprint density at radius 3 is 2.53 bits per heavy atom. The van der Waals surface area contributed by atoms with E-state index in [1.165, 1.54) is 19.1 Å². The zero-order valence-corrected chi connectivity index (χ0v) is 18.5. The molecule has 0 atom stereocenters. The van der Waals surface area contributed by atoms with E-state index in [9.17, 15) is 14.0 Å². The van der Waals surface area contributed by atoms with Gasteiger partial charge >= 0.3 is 0 Å². The van der Waals surface area contributed by atoms with Gasteiger partial charge in [-0.25, -0.2) is 4.39 Å². The molecule has 32 heavy (non-hydrogen) atoms. The van der Waals surface area contributed by atoms with Gasteiger partial charge in [0.2, 0.25) is 5.91 Å². The number of fused-ring (bicyclic) bond motifs is 1. The van der Waals surface area contributed by atoms with Crippen molar-refractivity contribution in [2.24, 2.45) is 0 Å². The van der Waals surface area contributed by atoms with Crippen LogP contribution in [0.2, 0.25) is 5.02 Å². The molecular weight excluding hydrogens is 435 g/mol. The quantitative estimate of drug-likeness (QED) is 0.507. The molecule has 1 saturated heterocycles. The Bertz CT molecular complexity index is 1060. The van der Waals surface area contributed by atoms with E-state index in [1.54, 1.807) is 29.2 Å². The third kappa shape index (κ3) is 4.88. The number of ketones is 1. The van der Waals surface area contributed by atoms with Crippen molar-refractivity contribution in [1.82, 2.24) is 4.90 Å². The smallest absolute Gasteiger partial charge is 0.246 e. The number of halogens is 2. The molecule has 168 valence electrons. The Kier molecular flexibility index (Phi) is 6.65. The van der Waals surface area contributed by atoms with Crippen molar-refractivity contribution in [2.75, 3.05) is 44.3 Å². The van der Waals surface area contributed by atoms with Gasteiger partial charge in [0.05, 0.1) is 23.9 Å². The van der Waals surface area contributed by atoms with Gasteiger partial charge in [0.25, 0.3) is 0 Å². The van der Waals surface area contributed by atoms with Crippen LogP contribution >= 0.6 is 11.6 Å². The molecule has 0 unspecified atom stereocenters. The first-order chi connectivity index (χ1) is 15.4. The molecule has 1 fully saturated rings. The number of amides is 1. The van der Waals surface area contributed by atoms with Gasteiger partial charge in [-0.2, -0.15) is 0 Å². The van der Waals surface area contributed by atoms with Crippen LogP contribution in [0.1, 0.15) is 29.3 Å². The summed E-state index contributed by atoms with van der Waals surface area (Å²) >= 11 is 6.31. The van der Waals surface area contributed by atoms with Gasteiger partial charge in [-0.15, -0.1) is 0 Å². The SMILES string of the molecule is CC(=O)c1ccc(N2CCN(C(=O)/C=C/c3cc(Cl)c4c(c3)OCCCO4)CC2)c(F)c1. The summed E-state index contributed by atoms with van der Waals surface area (Å²) in [6.45, 7) is 4.47. The lowest BCUT2D eigenvalue weighted by Crippen LogP contribution is -2.48. The number of benzene rings is 2. The predicted octanol–water partition coefficient (Wildman–Crippen LogP) is 4.21. The van der Waals surface area contributed by atoms with Crippen LogP contribution in [-0.4, -0.2) is 56.0 Å². The molecule has 0 aliphatic carbocycles. The molecule has 2 aliphatic rings. The van der Waals surface area contributed by atoms with Gasteiger partial charge in [0, 0.05) is 44.2 Å². The van der Waals surface area contributed by atoms with Crippen molar-refractivity contribution < 1.29 is 23.5 Å². The van der Waals surface area contributed by atoms with Crippen LogP contribution < -0.4 is 14.4 Å². The van der Waals surface area contributed by atoms with E-state index in [1.807, 2.05) is 11.0 Å². The average Bonchev–Trinajstić information content (AvgIpc) is 3.03. The lowest BCUT2D eigenvalue weighted by atomic mass is 10.1. The number of anilines is 1. The minimum atomic E-state index is -0.427. The minimum Gasteiger partial charge on any atom is -0.489 e. The maximum absolute atomic E-state index is 14.4. The summed E-state index contributed by atoms with van der Waals surface area (Å²) in [5.41, 5.74) is 1.54. The number of Topliss-reactive ketones (excluding diaryl/α,β-unsaturated/α-hetero) is 1. The van der Waals surface area contributed by atoms with Gasteiger partial charge in [0.1, 0.15) is 5.82 Å². The molecule has 2 aromatic carbocycles. The first kappa shape index (κ1) is 22.1. The highest BCUT2D eigenvalue weighted by Crippen LogP contribution is 2.38. The van der Waals surface area contributed by atoms with Crippen LogP contribution in [-0.2, 0) is 4.79 Å². The summed E-state index contributed by atoms with van der Waals surface area (Å²) < 4.78 is 25.7. The van der Waals surface area contributed by atoms with Crippen LogP contribution in [0, 0.1) is 5.82 Å². The average molecular weight is 459 g/mol. The molecule has 8 heteroatoms. The third-order valence-corrected chi connectivity index (χ3v) is 5.81. The second kappa shape index (κ2) is 9.61. The number of carbonyl (C=O) groups excluding carboxylic acids is 2. The van der Waals surface area contributed by atoms with Crippen molar-refractivity contribution in [1.29, 1.82) is 0 Å². The second-order valence-electron chi connectivity index (χ2n) is 7.75. The molecule has 2 heterocycles. The molecule has 0 radical (unpaired) electrons. The number of hydrogen-bond acceptors (Lipinski definition) is 5. The largest absolute Gasteiger partial charge is 0.489 e. The molecule has 6 nitrogen and oxygen atoms in total. The van der Waals surface area contributed by atoms with Gasteiger partial charge < -0.3 is 19.3 Å². The highest BCUT2D eigenvalue weighted by atomic mass is 35.5. The van der Waals surface area contributed by atoms with Crippen molar-refractivity contribution in [3.8, 4) is 11.5 Å². The highest BCUT2D eigenvalue weighted by Gasteiger charge is 2.22. The van der Waals surface area contributed by atoms with E-state index in [2.05, 4.69) is 0 Å². The van der Waals surface area contributed by atoms with E-state index in [-0.39, 0.29) is 11.7 Å². The summed E-state index contributed by atoms with van der Waals surface area (Å²) in [4.78, 5) is 27.7. The summed E-state index contributed by atoms with van der Waals surface area (Å²) in [6, 6.07) is 8.06. The van der Waals surface area contributed by atoms with Crippen LogP contribution in [0.5, 0.6) is 11.5 Å². The van der Waals surface area contributed by atoms with Crippen LogP contribution in [0.25, 0.3) is 6.08 Å². The van der Waals surface area contributed by atoms with Crippen molar-refractivity contribution >= 4 is 35.1 Å².